The lowest BCUT2D eigenvalue weighted by atomic mass is 9.86. The molecule has 1 heterocycles. The molecule has 0 aromatic heterocycles. The summed E-state index contributed by atoms with van der Waals surface area (Å²) in [5, 5.41) is 8.98. The van der Waals surface area contributed by atoms with Crippen LogP contribution in [0.5, 0.6) is 0 Å². The number of carboxylic acid groups (broad SMARTS) is 1. The number of hydrogen-bond acceptors (Lipinski definition) is 3. The van der Waals surface area contributed by atoms with Crippen LogP contribution in [-0.2, 0) is 4.74 Å². The number of nitrogens with zero attached hydrogens (tertiary/aromatic N) is 1. The fourth-order valence-corrected chi connectivity index (χ4v) is 3.00. The Labute approximate surface area is 141 Å². The van der Waals surface area contributed by atoms with Crippen molar-refractivity contribution in [3.63, 3.8) is 0 Å². The van der Waals surface area contributed by atoms with Gasteiger partial charge in [-0.3, -0.25) is 0 Å². The Bertz CT molecular complexity index is 643. The molecule has 24 heavy (non-hydrogen) atoms. The van der Waals surface area contributed by atoms with E-state index in [0.717, 1.165) is 11.1 Å². The molecular weight excluding hydrogens is 313 g/mol. The minimum atomic E-state index is -1.26. The SMILES string of the molecule is Cc1cc(C(=O)O)c(F)cc1C1CCN(C(=O)OC(C)(C)C)CC1. The number of ether oxygens (including phenoxy) is 1. The number of halogens is 1. The molecule has 0 saturated carbocycles. The molecule has 1 N–H and O–H groups in total. The summed E-state index contributed by atoms with van der Waals surface area (Å²) >= 11 is 0. The molecule has 1 aliphatic rings. The summed E-state index contributed by atoms with van der Waals surface area (Å²) in [4.78, 5) is 24.7. The number of carboxylic acids is 1. The molecular formula is C18H24FNO4. The number of likely N-dealkylation sites (tertiary alicyclic amines) is 1. The number of rotatable bonds is 2. The molecule has 2 rings (SSSR count). The molecule has 5 nitrogen and oxygen atoms in total. The third-order valence-corrected chi connectivity index (χ3v) is 4.17. The number of piperidine rings is 1. The number of benzene rings is 1. The van der Waals surface area contributed by atoms with Crippen LogP contribution in [0.4, 0.5) is 9.18 Å². The Hall–Kier alpha value is -2.11. The zero-order valence-electron chi connectivity index (χ0n) is 14.6. The Morgan fingerprint density at radius 2 is 1.83 bits per heavy atom. The lowest BCUT2D eigenvalue weighted by Crippen LogP contribution is -2.41. The Balaban J connectivity index is 2.06. The quantitative estimate of drug-likeness (QED) is 0.887. The number of aryl methyl sites for hydroxylation is 1. The third-order valence-electron chi connectivity index (χ3n) is 4.17. The molecule has 132 valence electrons. The summed E-state index contributed by atoms with van der Waals surface area (Å²) in [7, 11) is 0. The van der Waals surface area contributed by atoms with Crippen molar-refractivity contribution >= 4 is 12.1 Å². The zero-order chi connectivity index (χ0) is 18.1. The van der Waals surface area contributed by atoms with E-state index in [1.165, 1.54) is 12.1 Å². The molecule has 1 fully saturated rings. The molecule has 1 amide bonds. The van der Waals surface area contributed by atoms with Gasteiger partial charge in [0, 0.05) is 13.1 Å². The van der Waals surface area contributed by atoms with E-state index in [4.69, 9.17) is 9.84 Å². The standard InChI is InChI=1S/C18H24FNO4/c1-11-9-14(16(21)22)15(19)10-13(11)12-5-7-20(8-6-12)17(23)24-18(2,3)4/h9-10,12H,5-8H2,1-4H3,(H,21,22). The summed E-state index contributed by atoms with van der Waals surface area (Å²) < 4.78 is 19.3. The second-order valence-corrected chi connectivity index (χ2v) is 7.24. The average molecular weight is 337 g/mol. The highest BCUT2D eigenvalue weighted by atomic mass is 19.1. The normalized spacial score (nSPS) is 16.1. The maximum Gasteiger partial charge on any atom is 0.410 e. The second-order valence-electron chi connectivity index (χ2n) is 7.24. The molecule has 1 saturated heterocycles. The summed E-state index contributed by atoms with van der Waals surface area (Å²) in [6.07, 6.45) is 1.07. The van der Waals surface area contributed by atoms with Gasteiger partial charge in [-0.25, -0.2) is 14.0 Å². The van der Waals surface area contributed by atoms with Crippen molar-refractivity contribution in [2.45, 2.75) is 52.1 Å². The predicted octanol–water partition coefficient (Wildman–Crippen LogP) is 3.95. The van der Waals surface area contributed by atoms with Gasteiger partial charge in [-0.15, -0.1) is 0 Å². The van der Waals surface area contributed by atoms with Gasteiger partial charge < -0.3 is 14.7 Å². The van der Waals surface area contributed by atoms with Crippen LogP contribution in [0.25, 0.3) is 0 Å². The molecule has 0 unspecified atom stereocenters. The second kappa shape index (κ2) is 6.79. The Morgan fingerprint density at radius 1 is 1.25 bits per heavy atom. The van der Waals surface area contributed by atoms with E-state index in [9.17, 15) is 14.0 Å². The molecule has 0 bridgehead atoms. The van der Waals surface area contributed by atoms with Gasteiger partial charge in [-0.05, 0) is 69.7 Å². The van der Waals surface area contributed by atoms with Crippen molar-refractivity contribution in [2.24, 2.45) is 0 Å². The molecule has 0 radical (unpaired) electrons. The highest BCUT2D eigenvalue weighted by Crippen LogP contribution is 2.32. The van der Waals surface area contributed by atoms with Crippen LogP contribution in [0.1, 0.15) is 61.0 Å². The first-order valence-electron chi connectivity index (χ1n) is 8.10. The average Bonchev–Trinajstić information content (AvgIpc) is 2.47. The van der Waals surface area contributed by atoms with Gasteiger partial charge in [-0.1, -0.05) is 0 Å². The van der Waals surface area contributed by atoms with Crippen molar-refractivity contribution in [1.82, 2.24) is 4.90 Å². The fourth-order valence-electron chi connectivity index (χ4n) is 3.00. The van der Waals surface area contributed by atoms with Crippen LogP contribution in [0.2, 0.25) is 0 Å². The lowest BCUT2D eigenvalue weighted by molar-refractivity contribution is 0.0204. The first-order valence-corrected chi connectivity index (χ1v) is 8.10. The largest absolute Gasteiger partial charge is 0.478 e. The summed E-state index contributed by atoms with van der Waals surface area (Å²) in [6, 6.07) is 2.71. The van der Waals surface area contributed by atoms with E-state index in [2.05, 4.69) is 0 Å². The first kappa shape index (κ1) is 18.2. The van der Waals surface area contributed by atoms with E-state index in [0.29, 0.717) is 25.9 Å². The number of hydrogen-bond donors (Lipinski definition) is 1. The van der Waals surface area contributed by atoms with Crippen LogP contribution in [0, 0.1) is 12.7 Å². The number of amides is 1. The number of carbonyl (C=O) groups is 2. The van der Waals surface area contributed by atoms with Gasteiger partial charge in [0.25, 0.3) is 0 Å². The van der Waals surface area contributed by atoms with Gasteiger partial charge in [0.1, 0.15) is 11.4 Å². The van der Waals surface area contributed by atoms with Crippen LogP contribution >= 0.6 is 0 Å². The van der Waals surface area contributed by atoms with Crippen molar-refractivity contribution in [2.75, 3.05) is 13.1 Å². The van der Waals surface area contributed by atoms with Crippen molar-refractivity contribution < 1.29 is 23.8 Å². The van der Waals surface area contributed by atoms with Crippen molar-refractivity contribution in [3.8, 4) is 0 Å². The fraction of sp³-hybridized carbons (Fsp3) is 0.556. The van der Waals surface area contributed by atoms with E-state index in [-0.39, 0.29) is 17.6 Å². The maximum atomic E-state index is 14.0. The van der Waals surface area contributed by atoms with Crippen LogP contribution in [0.15, 0.2) is 12.1 Å². The molecule has 1 aromatic carbocycles. The Morgan fingerprint density at radius 3 is 2.33 bits per heavy atom. The summed E-state index contributed by atoms with van der Waals surface area (Å²) in [6.45, 7) is 8.36. The van der Waals surface area contributed by atoms with Crippen LogP contribution < -0.4 is 0 Å². The topological polar surface area (TPSA) is 66.8 Å². The van der Waals surface area contributed by atoms with Gasteiger partial charge in [-0.2, -0.15) is 0 Å². The van der Waals surface area contributed by atoms with Crippen molar-refractivity contribution in [1.29, 1.82) is 0 Å². The monoisotopic (exact) mass is 337 g/mol. The summed E-state index contributed by atoms with van der Waals surface area (Å²) in [5.41, 5.74) is 0.758. The highest BCUT2D eigenvalue weighted by molar-refractivity contribution is 5.88. The molecule has 1 aromatic rings. The van der Waals surface area contributed by atoms with E-state index < -0.39 is 17.4 Å². The molecule has 1 aliphatic heterocycles. The molecule has 6 heteroatoms. The summed E-state index contributed by atoms with van der Waals surface area (Å²) in [5.74, 6) is -1.86. The lowest BCUT2D eigenvalue weighted by Gasteiger charge is -2.34. The first-order chi connectivity index (χ1) is 11.1. The van der Waals surface area contributed by atoms with Gasteiger partial charge in [0.15, 0.2) is 0 Å². The van der Waals surface area contributed by atoms with Crippen molar-refractivity contribution in [3.05, 3.63) is 34.6 Å². The minimum Gasteiger partial charge on any atom is -0.478 e. The predicted molar refractivity (Wildman–Crippen MR) is 87.9 cm³/mol. The minimum absolute atomic E-state index is 0.112. The van der Waals surface area contributed by atoms with E-state index in [1.807, 2.05) is 20.8 Å². The molecule has 0 aliphatic carbocycles. The highest BCUT2D eigenvalue weighted by Gasteiger charge is 2.28. The van der Waals surface area contributed by atoms with Gasteiger partial charge >= 0.3 is 12.1 Å². The smallest absolute Gasteiger partial charge is 0.410 e. The van der Waals surface area contributed by atoms with Gasteiger partial charge in [0.2, 0.25) is 0 Å². The van der Waals surface area contributed by atoms with Crippen LogP contribution in [-0.4, -0.2) is 40.8 Å². The number of aromatic carboxylic acids is 1. The molecule has 0 spiro atoms. The Kier molecular flexibility index (Phi) is 5.16. The van der Waals surface area contributed by atoms with Gasteiger partial charge in [0.05, 0.1) is 5.56 Å². The number of carbonyl (C=O) groups excluding carboxylic acids is 1. The molecule has 0 atom stereocenters. The van der Waals surface area contributed by atoms with E-state index in [1.54, 1.807) is 11.8 Å². The maximum absolute atomic E-state index is 14.0. The zero-order valence-corrected chi connectivity index (χ0v) is 14.6. The van der Waals surface area contributed by atoms with Crippen LogP contribution in [0.3, 0.4) is 0 Å². The van der Waals surface area contributed by atoms with E-state index >= 15 is 0 Å². The third kappa shape index (κ3) is 4.24.